The van der Waals surface area contributed by atoms with Crippen molar-refractivity contribution < 1.29 is 14.3 Å². The molecule has 4 rings (SSSR count). The minimum atomic E-state index is -0.454. The number of rotatable bonds is 7. The highest BCUT2D eigenvalue weighted by Crippen LogP contribution is 2.25. The third-order valence-corrected chi connectivity index (χ3v) is 6.01. The summed E-state index contributed by atoms with van der Waals surface area (Å²) in [5, 5.41) is 0. The van der Waals surface area contributed by atoms with Crippen LogP contribution < -0.4 is 4.74 Å². The SMILES string of the molecule is CC(C)(C)OC(=O)N1CCCC(CCCn2c(COc3ccccc3)nc3ccccc32)C1. The van der Waals surface area contributed by atoms with Crippen LogP contribution in [0.25, 0.3) is 11.0 Å². The summed E-state index contributed by atoms with van der Waals surface area (Å²) < 4.78 is 13.9. The van der Waals surface area contributed by atoms with Crippen molar-refractivity contribution in [2.45, 2.75) is 65.2 Å². The van der Waals surface area contributed by atoms with Crippen molar-refractivity contribution in [1.82, 2.24) is 14.5 Å². The summed E-state index contributed by atoms with van der Waals surface area (Å²) in [6, 6.07) is 18.1. The molecule has 1 unspecified atom stereocenters. The number of piperidine rings is 1. The van der Waals surface area contributed by atoms with E-state index < -0.39 is 5.60 Å². The number of benzene rings is 2. The van der Waals surface area contributed by atoms with Gasteiger partial charge in [-0.2, -0.15) is 0 Å². The molecule has 3 aromatic rings. The number of nitrogens with zero attached hydrogens (tertiary/aromatic N) is 3. The van der Waals surface area contributed by atoms with Crippen molar-refractivity contribution in [3.63, 3.8) is 0 Å². The molecule has 1 aliphatic rings. The number of aryl methyl sites for hydroxylation is 1. The lowest BCUT2D eigenvalue weighted by molar-refractivity contribution is 0.0160. The smallest absolute Gasteiger partial charge is 0.410 e. The van der Waals surface area contributed by atoms with Gasteiger partial charge in [-0.3, -0.25) is 0 Å². The van der Waals surface area contributed by atoms with Gasteiger partial charge >= 0.3 is 6.09 Å². The number of carbonyl (C=O) groups excluding carboxylic acids is 1. The van der Waals surface area contributed by atoms with Crippen molar-refractivity contribution in [1.29, 1.82) is 0 Å². The molecule has 1 saturated heterocycles. The van der Waals surface area contributed by atoms with Crippen molar-refractivity contribution >= 4 is 17.1 Å². The van der Waals surface area contributed by atoms with Crippen LogP contribution in [-0.4, -0.2) is 39.2 Å². The highest BCUT2D eigenvalue weighted by molar-refractivity contribution is 5.75. The zero-order chi connectivity index (χ0) is 23.3. The first-order chi connectivity index (χ1) is 15.9. The normalized spacial score (nSPS) is 16.7. The molecule has 0 saturated carbocycles. The van der Waals surface area contributed by atoms with E-state index in [1.165, 1.54) is 0 Å². The number of likely N-dealkylation sites (tertiary alicyclic amines) is 1. The molecule has 6 heteroatoms. The highest BCUT2D eigenvalue weighted by atomic mass is 16.6. The maximum atomic E-state index is 12.5. The summed E-state index contributed by atoms with van der Waals surface area (Å²) in [4.78, 5) is 19.2. The van der Waals surface area contributed by atoms with Gasteiger partial charge in [0.05, 0.1) is 11.0 Å². The largest absolute Gasteiger partial charge is 0.486 e. The summed E-state index contributed by atoms with van der Waals surface area (Å²) in [6.07, 6.45) is 4.12. The first-order valence-electron chi connectivity index (χ1n) is 12.0. The number of hydrogen-bond donors (Lipinski definition) is 0. The van der Waals surface area contributed by atoms with E-state index in [-0.39, 0.29) is 6.09 Å². The summed E-state index contributed by atoms with van der Waals surface area (Å²) >= 11 is 0. The Bertz CT molecular complexity index is 1060. The second-order valence-electron chi connectivity index (χ2n) is 9.85. The van der Waals surface area contributed by atoms with Gasteiger partial charge in [0.1, 0.15) is 23.8 Å². The minimum absolute atomic E-state index is 0.187. The fourth-order valence-corrected chi connectivity index (χ4v) is 4.48. The van der Waals surface area contributed by atoms with Crippen LogP contribution in [0.2, 0.25) is 0 Å². The molecule has 0 bridgehead atoms. The van der Waals surface area contributed by atoms with Crippen LogP contribution in [0.4, 0.5) is 4.79 Å². The first kappa shape index (κ1) is 23.1. The predicted octanol–water partition coefficient (Wildman–Crippen LogP) is 6.04. The van der Waals surface area contributed by atoms with Crippen LogP contribution in [0.15, 0.2) is 54.6 Å². The van der Waals surface area contributed by atoms with Gasteiger partial charge in [0, 0.05) is 19.6 Å². The van der Waals surface area contributed by atoms with Gasteiger partial charge in [-0.25, -0.2) is 9.78 Å². The molecule has 0 N–H and O–H groups in total. The quantitative estimate of drug-likeness (QED) is 0.441. The maximum Gasteiger partial charge on any atom is 0.410 e. The molecule has 0 spiro atoms. The summed E-state index contributed by atoms with van der Waals surface area (Å²) in [5.41, 5.74) is 1.69. The third-order valence-electron chi connectivity index (χ3n) is 6.01. The van der Waals surface area contributed by atoms with E-state index in [0.717, 1.165) is 67.9 Å². The molecule has 1 amide bonds. The zero-order valence-electron chi connectivity index (χ0n) is 20.0. The van der Waals surface area contributed by atoms with Gasteiger partial charge in [0.2, 0.25) is 0 Å². The fraction of sp³-hybridized carbons (Fsp3) is 0.481. The Kier molecular flexibility index (Phi) is 7.21. The van der Waals surface area contributed by atoms with E-state index in [1.807, 2.05) is 62.1 Å². The number of carbonyl (C=O) groups is 1. The second kappa shape index (κ2) is 10.3. The van der Waals surface area contributed by atoms with E-state index in [0.29, 0.717) is 12.5 Å². The fourth-order valence-electron chi connectivity index (χ4n) is 4.48. The number of para-hydroxylation sites is 3. The monoisotopic (exact) mass is 449 g/mol. The summed E-state index contributed by atoms with van der Waals surface area (Å²) in [6.45, 7) is 8.65. The molecule has 6 nitrogen and oxygen atoms in total. The second-order valence-corrected chi connectivity index (χ2v) is 9.85. The van der Waals surface area contributed by atoms with Crippen LogP contribution in [0.1, 0.15) is 52.3 Å². The number of ether oxygens (including phenoxy) is 2. The van der Waals surface area contributed by atoms with Crippen LogP contribution in [0.3, 0.4) is 0 Å². The van der Waals surface area contributed by atoms with E-state index in [4.69, 9.17) is 14.5 Å². The Morgan fingerprint density at radius 2 is 1.85 bits per heavy atom. The Morgan fingerprint density at radius 1 is 1.09 bits per heavy atom. The van der Waals surface area contributed by atoms with E-state index in [2.05, 4.69) is 22.8 Å². The van der Waals surface area contributed by atoms with E-state index in [1.54, 1.807) is 0 Å². The molecule has 2 aromatic carbocycles. The lowest BCUT2D eigenvalue weighted by Crippen LogP contribution is -2.42. The van der Waals surface area contributed by atoms with E-state index in [9.17, 15) is 4.79 Å². The Hall–Kier alpha value is -3.02. The number of imidazole rings is 1. The average Bonchev–Trinajstić information content (AvgIpc) is 3.15. The topological polar surface area (TPSA) is 56.6 Å². The minimum Gasteiger partial charge on any atom is -0.486 e. The van der Waals surface area contributed by atoms with Gasteiger partial charge in [0.15, 0.2) is 0 Å². The summed E-state index contributed by atoms with van der Waals surface area (Å²) in [7, 11) is 0. The van der Waals surface area contributed by atoms with Crippen molar-refractivity contribution in [2.75, 3.05) is 13.1 Å². The molecule has 1 aromatic heterocycles. The Morgan fingerprint density at radius 3 is 2.64 bits per heavy atom. The van der Waals surface area contributed by atoms with Crippen LogP contribution >= 0.6 is 0 Å². The standard InChI is InChI=1S/C27H35N3O3/c1-27(2,3)33-26(31)29-17-9-11-21(19-29)12-10-18-30-24-16-8-7-15-23(24)28-25(30)20-32-22-13-5-4-6-14-22/h4-8,13-16,21H,9-12,17-20H2,1-3H3. The number of fused-ring (bicyclic) bond motifs is 1. The van der Waals surface area contributed by atoms with Crippen LogP contribution in [0, 0.1) is 5.92 Å². The lowest BCUT2D eigenvalue weighted by atomic mass is 9.93. The number of hydrogen-bond acceptors (Lipinski definition) is 4. The Balaban J connectivity index is 1.37. The molecule has 0 radical (unpaired) electrons. The van der Waals surface area contributed by atoms with Crippen molar-refractivity contribution in [2.24, 2.45) is 5.92 Å². The molecule has 176 valence electrons. The first-order valence-corrected chi connectivity index (χ1v) is 12.0. The molecular weight excluding hydrogens is 414 g/mol. The average molecular weight is 450 g/mol. The van der Waals surface area contributed by atoms with E-state index >= 15 is 0 Å². The molecule has 1 atom stereocenters. The predicted molar refractivity (Wildman–Crippen MR) is 130 cm³/mol. The van der Waals surface area contributed by atoms with Crippen molar-refractivity contribution in [3.8, 4) is 5.75 Å². The van der Waals surface area contributed by atoms with Gasteiger partial charge in [-0.05, 0) is 76.6 Å². The summed E-state index contributed by atoms with van der Waals surface area (Å²) in [5.74, 6) is 2.30. The number of aromatic nitrogens is 2. The van der Waals surface area contributed by atoms with Gasteiger partial charge in [-0.1, -0.05) is 30.3 Å². The zero-order valence-corrected chi connectivity index (χ0v) is 20.0. The maximum absolute atomic E-state index is 12.5. The highest BCUT2D eigenvalue weighted by Gasteiger charge is 2.27. The lowest BCUT2D eigenvalue weighted by Gasteiger charge is -2.34. The van der Waals surface area contributed by atoms with Gasteiger partial charge in [-0.15, -0.1) is 0 Å². The molecular formula is C27H35N3O3. The van der Waals surface area contributed by atoms with Crippen molar-refractivity contribution in [3.05, 3.63) is 60.4 Å². The molecule has 1 fully saturated rings. The van der Waals surface area contributed by atoms with Crippen LogP contribution in [-0.2, 0) is 17.9 Å². The van der Waals surface area contributed by atoms with Gasteiger partial charge < -0.3 is 18.9 Å². The Labute approximate surface area is 196 Å². The molecule has 33 heavy (non-hydrogen) atoms. The number of amides is 1. The molecule has 2 heterocycles. The molecule has 0 aliphatic carbocycles. The van der Waals surface area contributed by atoms with Crippen LogP contribution in [0.5, 0.6) is 5.75 Å². The van der Waals surface area contributed by atoms with Gasteiger partial charge in [0.25, 0.3) is 0 Å². The third kappa shape index (κ3) is 6.28. The molecule has 1 aliphatic heterocycles.